The van der Waals surface area contributed by atoms with E-state index < -0.39 is 23.8 Å². The Morgan fingerprint density at radius 1 is 1.14 bits per heavy atom. The highest BCUT2D eigenvalue weighted by molar-refractivity contribution is 7.14. The Hall–Kier alpha value is -2.72. The van der Waals surface area contributed by atoms with Crippen molar-refractivity contribution < 1.29 is 18.0 Å². The van der Waals surface area contributed by atoms with Gasteiger partial charge in [0.2, 0.25) is 5.91 Å². The molecule has 1 fully saturated rings. The molecule has 3 atom stereocenters. The number of benzene rings is 1. The minimum atomic E-state index is -4.45. The van der Waals surface area contributed by atoms with Gasteiger partial charge in [0, 0.05) is 29.0 Å². The lowest BCUT2D eigenvalue weighted by Crippen LogP contribution is -2.36. The summed E-state index contributed by atoms with van der Waals surface area (Å²) >= 11 is 1.36. The van der Waals surface area contributed by atoms with Crippen LogP contribution in [0.25, 0.3) is 0 Å². The quantitative estimate of drug-likeness (QED) is 0.428. The molecule has 4 rings (SSSR count). The van der Waals surface area contributed by atoms with Crippen LogP contribution in [-0.2, 0) is 21.9 Å². The fourth-order valence-corrected chi connectivity index (χ4v) is 5.22. The molecule has 1 unspecified atom stereocenters. The number of amides is 1. The Morgan fingerprint density at radius 3 is 2.44 bits per heavy atom. The van der Waals surface area contributed by atoms with E-state index in [2.05, 4.69) is 15.6 Å². The molecule has 2 aromatic heterocycles. The lowest BCUT2D eigenvalue weighted by atomic mass is 9.90. The summed E-state index contributed by atoms with van der Waals surface area (Å²) in [5.41, 5.74) is 0.985. The first-order chi connectivity index (χ1) is 16.6. The van der Waals surface area contributed by atoms with Crippen LogP contribution in [0.15, 0.2) is 41.9 Å². The molecule has 0 radical (unpaired) electrons. The summed E-state index contributed by atoms with van der Waals surface area (Å²) in [5, 5.41) is 13.3. The predicted molar refractivity (Wildman–Crippen MR) is 135 cm³/mol. The average molecular weight is 520 g/mol. The van der Waals surface area contributed by atoms with Crippen molar-refractivity contribution in [3.8, 4) is 0 Å². The fourth-order valence-electron chi connectivity index (χ4n) is 4.28. The normalized spacial score (nSPS) is 21.1. The zero-order chi connectivity index (χ0) is 26.5. The van der Waals surface area contributed by atoms with Crippen molar-refractivity contribution in [1.82, 2.24) is 20.1 Å². The molecule has 194 valence electrons. The van der Waals surface area contributed by atoms with E-state index in [1.807, 2.05) is 63.9 Å². The minimum Gasteiger partial charge on any atom is -0.301 e. The van der Waals surface area contributed by atoms with E-state index in [1.165, 1.54) is 17.4 Å². The highest BCUT2D eigenvalue weighted by Crippen LogP contribution is 2.42. The van der Waals surface area contributed by atoms with Crippen molar-refractivity contribution in [2.45, 2.75) is 83.1 Å². The van der Waals surface area contributed by atoms with E-state index >= 15 is 0 Å². The maximum absolute atomic E-state index is 13.4. The van der Waals surface area contributed by atoms with E-state index in [0.29, 0.717) is 17.1 Å². The number of nitrogens with one attached hydrogen (secondary N) is 2. The van der Waals surface area contributed by atoms with Crippen molar-refractivity contribution >= 4 is 22.4 Å². The minimum absolute atomic E-state index is 0.142. The van der Waals surface area contributed by atoms with Gasteiger partial charge in [-0.05, 0) is 51.0 Å². The van der Waals surface area contributed by atoms with Crippen LogP contribution in [0.5, 0.6) is 0 Å². The molecule has 0 bridgehead atoms. The third-order valence-corrected chi connectivity index (χ3v) is 7.10. The van der Waals surface area contributed by atoms with Crippen LogP contribution < -0.4 is 10.6 Å². The van der Waals surface area contributed by atoms with Crippen LogP contribution in [-0.4, -0.2) is 26.7 Å². The van der Waals surface area contributed by atoms with Gasteiger partial charge in [-0.1, -0.05) is 32.9 Å². The molecular formula is C26H32F3N5OS. The molecule has 2 N–H and O–H groups in total. The van der Waals surface area contributed by atoms with Crippen LogP contribution in [0.3, 0.4) is 0 Å². The summed E-state index contributed by atoms with van der Waals surface area (Å²) < 4.78 is 42.1. The molecule has 10 heteroatoms. The SMILES string of the molecule is CC(C)(C)c1csc(NC(=O)[C@@H]2CC(c3ccn(C(C)(C)C)n3)[C@H](c3cccc(C(F)(F)F)c3)N2)n1. The predicted octanol–water partition coefficient (Wildman–Crippen LogP) is 6.24. The van der Waals surface area contributed by atoms with Crippen molar-refractivity contribution in [3.05, 3.63) is 64.4 Å². The summed E-state index contributed by atoms with van der Waals surface area (Å²) in [6, 6.07) is 6.04. The second kappa shape index (κ2) is 9.30. The van der Waals surface area contributed by atoms with Gasteiger partial charge in [-0.15, -0.1) is 11.3 Å². The number of thiazole rings is 1. The zero-order valence-corrected chi connectivity index (χ0v) is 22.1. The van der Waals surface area contributed by atoms with Crippen LogP contribution in [0.4, 0.5) is 18.3 Å². The number of alkyl halides is 3. The van der Waals surface area contributed by atoms with Gasteiger partial charge in [0.05, 0.1) is 28.5 Å². The monoisotopic (exact) mass is 519 g/mol. The third kappa shape index (κ3) is 5.64. The Bertz CT molecular complexity index is 1240. The Labute approximate surface area is 213 Å². The second-order valence-electron chi connectivity index (χ2n) is 11.3. The van der Waals surface area contributed by atoms with Crippen molar-refractivity contribution in [2.24, 2.45) is 0 Å². The van der Waals surface area contributed by atoms with Crippen molar-refractivity contribution in [2.75, 3.05) is 5.32 Å². The highest BCUT2D eigenvalue weighted by atomic mass is 32.1. The zero-order valence-electron chi connectivity index (χ0n) is 21.3. The van der Waals surface area contributed by atoms with Gasteiger partial charge < -0.3 is 5.32 Å². The van der Waals surface area contributed by atoms with Crippen LogP contribution >= 0.6 is 11.3 Å². The molecule has 3 aromatic rings. The van der Waals surface area contributed by atoms with E-state index in [-0.39, 0.29) is 22.8 Å². The van der Waals surface area contributed by atoms with Gasteiger partial charge in [0.1, 0.15) is 0 Å². The molecule has 0 aliphatic carbocycles. The topological polar surface area (TPSA) is 71.8 Å². The third-order valence-electron chi connectivity index (χ3n) is 6.34. The van der Waals surface area contributed by atoms with Crippen molar-refractivity contribution in [3.63, 3.8) is 0 Å². The number of anilines is 1. The summed E-state index contributed by atoms with van der Waals surface area (Å²) in [6.45, 7) is 12.2. The molecule has 1 saturated heterocycles. The fraction of sp³-hybridized carbons (Fsp3) is 0.500. The lowest BCUT2D eigenvalue weighted by molar-refractivity contribution is -0.137. The van der Waals surface area contributed by atoms with Crippen molar-refractivity contribution in [1.29, 1.82) is 0 Å². The van der Waals surface area contributed by atoms with Crippen LogP contribution in [0, 0.1) is 0 Å². The molecule has 6 nitrogen and oxygen atoms in total. The number of hydrogen-bond acceptors (Lipinski definition) is 5. The Morgan fingerprint density at radius 2 is 1.86 bits per heavy atom. The van der Waals surface area contributed by atoms with E-state index in [9.17, 15) is 18.0 Å². The van der Waals surface area contributed by atoms with Crippen LogP contribution in [0.2, 0.25) is 0 Å². The molecule has 1 aliphatic rings. The van der Waals surface area contributed by atoms with Gasteiger partial charge in [0.15, 0.2) is 5.13 Å². The maximum Gasteiger partial charge on any atom is 0.416 e. The number of carbonyl (C=O) groups excluding carboxylic acids is 1. The smallest absolute Gasteiger partial charge is 0.301 e. The molecule has 3 heterocycles. The highest BCUT2D eigenvalue weighted by Gasteiger charge is 2.41. The summed E-state index contributed by atoms with van der Waals surface area (Å²) in [6.07, 6.45) is -2.19. The molecule has 1 aromatic carbocycles. The van der Waals surface area contributed by atoms with E-state index in [1.54, 1.807) is 6.07 Å². The summed E-state index contributed by atoms with van der Waals surface area (Å²) in [4.78, 5) is 17.7. The summed E-state index contributed by atoms with van der Waals surface area (Å²) in [7, 11) is 0. The first-order valence-electron chi connectivity index (χ1n) is 11.9. The standard InChI is InChI=1S/C26H32F3N5OS/c1-24(2,3)20-14-36-23(31-20)32-22(35)19-13-17(18-10-11-34(33-18)25(4,5)6)21(30-19)15-8-7-9-16(12-15)26(27,28)29/h7-12,14,17,19,21,30H,13H2,1-6H3,(H,31,32,35)/t17?,19-,21-/m0/s1. The number of aromatic nitrogens is 3. The van der Waals surface area contributed by atoms with Gasteiger partial charge in [0.25, 0.3) is 0 Å². The molecule has 0 saturated carbocycles. The molecule has 0 spiro atoms. The first kappa shape index (κ1) is 26.3. The molecule has 1 aliphatic heterocycles. The Balaban J connectivity index is 1.63. The number of carbonyl (C=O) groups is 1. The largest absolute Gasteiger partial charge is 0.416 e. The Kier molecular flexibility index (Phi) is 6.81. The van der Waals surface area contributed by atoms with Crippen LogP contribution in [0.1, 0.15) is 82.4 Å². The van der Waals surface area contributed by atoms with Gasteiger partial charge >= 0.3 is 6.18 Å². The molecule has 1 amide bonds. The number of rotatable bonds is 4. The summed E-state index contributed by atoms with van der Waals surface area (Å²) in [5.74, 6) is -0.547. The lowest BCUT2D eigenvalue weighted by Gasteiger charge is -2.21. The van der Waals surface area contributed by atoms with E-state index in [0.717, 1.165) is 23.5 Å². The van der Waals surface area contributed by atoms with Gasteiger partial charge in [-0.25, -0.2) is 4.98 Å². The number of hydrogen-bond donors (Lipinski definition) is 2. The second-order valence-corrected chi connectivity index (χ2v) is 12.2. The van der Waals surface area contributed by atoms with Gasteiger partial charge in [-0.3, -0.25) is 14.8 Å². The maximum atomic E-state index is 13.4. The molecule has 36 heavy (non-hydrogen) atoms. The number of halogens is 3. The number of nitrogens with zero attached hydrogens (tertiary/aromatic N) is 3. The first-order valence-corrected chi connectivity index (χ1v) is 12.8. The van der Waals surface area contributed by atoms with E-state index in [4.69, 9.17) is 5.10 Å². The van der Waals surface area contributed by atoms with Gasteiger partial charge in [-0.2, -0.15) is 18.3 Å². The average Bonchev–Trinajstić information content (AvgIpc) is 3.51. The molecular weight excluding hydrogens is 487 g/mol.